The Morgan fingerprint density at radius 2 is 0.594 bits per heavy atom. The maximum absolute atomic E-state index is 14.9. The van der Waals surface area contributed by atoms with Crippen LogP contribution >= 0.6 is 30.4 Å². The van der Waals surface area contributed by atoms with Gasteiger partial charge in [0.1, 0.15) is 0 Å². The molecule has 4 amide bonds. The molecule has 0 saturated carbocycles. The van der Waals surface area contributed by atoms with Gasteiger partial charge in [-0.1, -0.05) is 27.7 Å². The molecule has 0 fully saturated rings. The summed E-state index contributed by atoms with van der Waals surface area (Å²) in [5.41, 5.74) is 0.242. The minimum Gasteiger partial charge on any atom is -0.324 e. The monoisotopic (exact) mass is 962 g/mol. The van der Waals surface area contributed by atoms with Gasteiger partial charge >= 0.3 is 30.4 Å². The summed E-state index contributed by atoms with van der Waals surface area (Å²) >= 11 is 0. The van der Waals surface area contributed by atoms with Gasteiger partial charge in [-0.15, -0.1) is 0 Å². The number of carbonyl (C=O) groups excluding carboxylic acids is 4. The number of amides is 4. The van der Waals surface area contributed by atoms with Crippen molar-refractivity contribution in [2.45, 2.75) is 91.1 Å². The molecule has 18 nitrogen and oxygen atoms in total. The van der Waals surface area contributed by atoms with Crippen LogP contribution in [0.5, 0.6) is 0 Å². The van der Waals surface area contributed by atoms with Crippen LogP contribution in [-0.2, 0) is 43.9 Å². The molecule has 2 heterocycles. The summed E-state index contributed by atoms with van der Waals surface area (Å²) in [4.78, 5) is 142. The molecule has 0 saturated heterocycles. The summed E-state index contributed by atoms with van der Waals surface area (Å²) in [5, 5.41) is 1.74. The third-order valence-corrected chi connectivity index (χ3v) is 16.0. The highest BCUT2D eigenvalue weighted by molar-refractivity contribution is 7.52. The van der Waals surface area contributed by atoms with Crippen LogP contribution < -0.4 is 0 Å². The summed E-state index contributed by atoms with van der Waals surface area (Å²) in [6.45, 7) is 7.10. The number of hydrogen-bond donors (Lipinski definition) is 8. The second-order valence-electron chi connectivity index (χ2n) is 16.8. The summed E-state index contributed by atoms with van der Waals surface area (Å²) in [7, 11) is -18.9. The third kappa shape index (κ3) is 8.70. The SMILES string of the molecule is CCC(CC)N1C(=O)c2c(CCP(=O)(O)O)cc3c4cc(CCP(=O)(O)O)c5c6c(c(CCP(=O)(O)O)cc(c7cc(CCP(=O)(O)O)c(c2c37)C1=O)c64)C(=O)N(C(CC)CC)C5=O. The molecular formula is C42H50N2O16P4. The summed E-state index contributed by atoms with van der Waals surface area (Å²) in [6, 6.07) is 4.91. The van der Waals surface area contributed by atoms with Gasteiger partial charge in [0.05, 0.1) is 46.9 Å². The van der Waals surface area contributed by atoms with Crippen molar-refractivity contribution in [2.24, 2.45) is 0 Å². The predicted molar refractivity (Wildman–Crippen MR) is 240 cm³/mol. The van der Waals surface area contributed by atoms with Crippen LogP contribution in [0.4, 0.5) is 0 Å². The van der Waals surface area contributed by atoms with Crippen molar-refractivity contribution in [3.05, 3.63) is 68.8 Å². The van der Waals surface area contributed by atoms with Crippen molar-refractivity contribution in [3.8, 4) is 0 Å². The number of benzene rings is 5. The zero-order chi connectivity index (χ0) is 47.2. The maximum atomic E-state index is 14.9. The summed E-state index contributed by atoms with van der Waals surface area (Å²) < 4.78 is 49.8. The van der Waals surface area contributed by atoms with E-state index in [0.717, 1.165) is 9.80 Å². The Morgan fingerprint density at radius 3 is 0.766 bits per heavy atom. The smallest absolute Gasteiger partial charge is 0.324 e. The molecule has 7 rings (SSSR count). The highest BCUT2D eigenvalue weighted by Crippen LogP contribution is 2.52. The molecule has 2 aliphatic rings. The Kier molecular flexibility index (Phi) is 12.9. The molecule has 0 atom stereocenters. The lowest BCUT2D eigenvalue weighted by molar-refractivity contribution is 0.0513. The van der Waals surface area contributed by atoms with E-state index in [4.69, 9.17) is 0 Å². The quantitative estimate of drug-likeness (QED) is 0.0210. The van der Waals surface area contributed by atoms with Crippen molar-refractivity contribution >= 4 is 97.1 Å². The Morgan fingerprint density at radius 1 is 0.391 bits per heavy atom. The Hall–Kier alpha value is -3.72. The van der Waals surface area contributed by atoms with Crippen LogP contribution in [0.15, 0.2) is 24.3 Å². The van der Waals surface area contributed by atoms with Crippen molar-refractivity contribution in [3.63, 3.8) is 0 Å². The first-order chi connectivity index (χ1) is 29.8. The average molecular weight is 963 g/mol. The van der Waals surface area contributed by atoms with Gasteiger partial charge in [-0.05, 0) is 130 Å². The van der Waals surface area contributed by atoms with Crippen molar-refractivity contribution in [2.75, 3.05) is 24.6 Å². The van der Waals surface area contributed by atoms with Gasteiger partial charge in [0.2, 0.25) is 0 Å². The molecule has 64 heavy (non-hydrogen) atoms. The first kappa shape index (κ1) is 48.2. The zero-order valence-electron chi connectivity index (χ0n) is 35.5. The molecule has 0 radical (unpaired) electrons. The van der Waals surface area contributed by atoms with E-state index in [1.54, 1.807) is 52.0 Å². The van der Waals surface area contributed by atoms with Gasteiger partial charge in [0.25, 0.3) is 23.6 Å². The molecule has 2 aliphatic heterocycles. The lowest BCUT2D eigenvalue weighted by atomic mass is 9.76. The number of fused-ring (bicyclic) bond motifs is 2. The van der Waals surface area contributed by atoms with Gasteiger partial charge in [0, 0.05) is 22.9 Å². The van der Waals surface area contributed by atoms with Gasteiger partial charge in [-0.2, -0.15) is 0 Å². The highest BCUT2D eigenvalue weighted by atomic mass is 31.2. The van der Waals surface area contributed by atoms with E-state index in [0.29, 0.717) is 25.7 Å². The van der Waals surface area contributed by atoms with E-state index >= 15 is 0 Å². The summed E-state index contributed by atoms with van der Waals surface area (Å²) in [5.74, 6) is -3.02. The van der Waals surface area contributed by atoms with Crippen LogP contribution in [-0.4, -0.2) is 109 Å². The van der Waals surface area contributed by atoms with Crippen molar-refractivity contribution < 1.29 is 76.6 Å². The van der Waals surface area contributed by atoms with E-state index in [9.17, 15) is 76.6 Å². The zero-order valence-corrected chi connectivity index (χ0v) is 39.1. The Bertz CT molecular complexity index is 2630. The lowest BCUT2D eigenvalue weighted by Crippen LogP contribution is -2.47. The minimum atomic E-state index is -4.74. The third-order valence-electron chi connectivity index (χ3n) is 12.8. The fraction of sp³-hybridized carbons (Fsp3) is 0.429. The Balaban J connectivity index is 1.77. The van der Waals surface area contributed by atoms with E-state index < -0.39 is 90.7 Å². The Labute approximate surface area is 367 Å². The first-order valence-electron chi connectivity index (χ1n) is 21.0. The van der Waals surface area contributed by atoms with Crippen LogP contribution in [0.3, 0.4) is 0 Å². The molecule has 8 N–H and O–H groups in total. The molecule has 0 spiro atoms. The van der Waals surface area contributed by atoms with Crippen LogP contribution in [0.1, 0.15) is 117 Å². The van der Waals surface area contributed by atoms with Crippen LogP contribution in [0.25, 0.3) is 43.1 Å². The van der Waals surface area contributed by atoms with Crippen molar-refractivity contribution in [1.82, 2.24) is 9.80 Å². The number of carbonyl (C=O) groups is 4. The van der Waals surface area contributed by atoms with E-state index in [1.165, 1.54) is 0 Å². The summed E-state index contributed by atoms with van der Waals surface area (Å²) in [6.07, 6.45) is -3.09. The minimum absolute atomic E-state index is 0.0493. The van der Waals surface area contributed by atoms with Crippen LogP contribution in [0, 0.1) is 0 Å². The molecule has 5 aromatic rings. The van der Waals surface area contributed by atoms with Gasteiger partial charge in [-0.25, -0.2) is 0 Å². The molecular weight excluding hydrogens is 912 g/mol. The van der Waals surface area contributed by atoms with Crippen LogP contribution in [0.2, 0.25) is 0 Å². The number of rotatable bonds is 18. The molecule has 5 aromatic carbocycles. The number of aryl methyl sites for hydroxylation is 4. The average Bonchev–Trinajstić information content (AvgIpc) is 3.19. The topological polar surface area (TPSA) is 305 Å². The van der Waals surface area contributed by atoms with Gasteiger partial charge in [-0.3, -0.25) is 47.2 Å². The molecule has 0 bridgehead atoms. The first-order valence-corrected chi connectivity index (χ1v) is 28.2. The second kappa shape index (κ2) is 17.2. The van der Waals surface area contributed by atoms with Gasteiger partial charge < -0.3 is 39.1 Å². The standard InChI is InChI=1S/C42H50N2O16P4/c1-5-25(6-2)43-39(45)31-21(9-13-61(49,50)51)17-27-29-19-23(11-15-63(55,56)57)33-38-34(42(48)44(41(33)47)26(7-3)8-4)24(12-16-64(58,59)60)20-30(36(29)38)28-18-22(10-14-62(52,53)54)32(40(43)46)37(31)35(27)28/h17-20,25-26H,5-16H2,1-4H3,(H2,49,50,51)(H2,52,53,54)(H2,55,56,57)(H2,58,59,60). The van der Waals surface area contributed by atoms with E-state index in [1.807, 2.05) is 0 Å². The molecule has 344 valence electrons. The second-order valence-corrected chi connectivity index (χ2v) is 23.9. The highest BCUT2D eigenvalue weighted by Gasteiger charge is 2.44. The maximum Gasteiger partial charge on any atom is 0.325 e. The van der Waals surface area contributed by atoms with E-state index in [2.05, 4.69) is 0 Å². The molecule has 0 aliphatic carbocycles. The number of nitrogens with zero attached hydrogens (tertiary/aromatic N) is 2. The molecule has 0 aromatic heterocycles. The molecule has 0 unspecified atom stereocenters. The van der Waals surface area contributed by atoms with Crippen molar-refractivity contribution in [1.29, 1.82) is 0 Å². The fourth-order valence-corrected chi connectivity index (χ4v) is 11.9. The van der Waals surface area contributed by atoms with Gasteiger partial charge in [0.15, 0.2) is 0 Å². The number of imide groups is 2. The molecule has 22 heteroatoms. The largest absolute Gasteiger partial charge is 0.325 e. The lowest BCUT2D eigenvalue weighted by Gasteiger charge is -2.37. The predicted octanol–water partition coefficient (Wildman–Crippen LogP) is 6.19. The van der Waals surface area contributed by atoms with E-state index in [-0.39, 0.29) is 113 Å². The fourth-order valence-electron chi connectivity index (χ4n) is 9.81. The number of hydrogen-bond acceptors (Lipinski definition) is 8. The normalized spacial score (nSPS) is 15.3.